The van der Waals surface area contributed by atoms with Crippen LogP contribution in [0, 0.1) is 0 Å². The standard InChI is InChI=1S/C12H26N2O2.C2H6/c1-7-10(13-5)8-9-14(6)11(15)16-12(2,3)4;1-2/h10,13H,7-9H2,1-6H3;1-2H3. The summed E-state index contributed by atoms with van der Waals surface area (Å²) < 4.78 is 5.27. The number of nitrogens with zero attached hydrogens (tertiary/aromatic N) is 1. The first-order chi connectivity index (χ1) is 8.30. The molecule has 0 aliphatic heterocycles. The molecule has 110 valence electrons. The van der Waals surface area contributed by atoms with Gasteiger partial charge in [-0.05, 0) is 40.7 Å². The van der Waals surface area contributed by atoms with Crippen molar-refractivity contribution in [2.45, 2.75) is 66.0 Å². The average Bonchev–Trinajstić information content (AvgIpc) is 2.30. The van der Waals surface area contributed by atoms with Gasteiger partial charge in [0.2, 0.25) is 0 Å². The van der Waals surface area contributed by atoms with Gasteiger partial charge in [0.25, 0.3) is 0 Å². The molecule has 0 radical (unpaired) electrons. The van der Waals surface area contributed by atoms with E-state index >= 15 is 0 Å². The average molecular weight is 260 g/mol. The summed E-state index contributed by atoms with van der Waals surface area (Å²) in [6.07, 6.45) is 1.76. The molecular formula is C14H32N2O2. The molecule has 1 unspecified atom stereocenters. The Balaban J connectivity index is 0. The monoisotopic (exact) mass is 260 g/mol. The molecule has 0 aromatic carbocycles. The Kier molecular flexibility index (Phi) is 11.1. The molecule has 1 atom stereocenters. The third-order valence-electron chi connectivity index (χ3n) is 2.42. The second-order valence-corrected chi connectivity index (χ2v) is 5.08. The highest BCUT2D eigenvalue weighted by molar-refractivity contribution is 5.67. The Hall–Kier alpha value is -0.770. The van der Waals surface area contributed by atoms with Gasteiger partial charge in [0, 0.05) is 19.6 Å². The van der Waals surface area contributed by atoms with Gasteiger partial charge >= 0.3 is 6.09 Å². The van der Waals surface area contributed by atoms with E-state index in [4.69, 9.17) is 4.74 Å². The zero-order valence-corrected chi connectivity index (χ0v) is 13.5. The second kappa shape index (κ2) is 10.2. The number of hydrogen-bond acceptors (Lipinski definition) is 3. The number of carbonyl (C=O) groups excluding carboxylic acids is 1. The van der Waals surface area contributed by atoms with Gasteiger partial charge in [-0.15, -0.1) is 0 Å². The zero-order valence-electron chi connectivity index (χ0n) is 13.5. The minimum absolute atomic E-state index is 0.251. The van der Waals surface area contributed by atoms with Gasteiger partial charge in [0.1, 0.15) is 5.60 Å². The molecule has 0 bridgehead atoms. The first-order valence-corrected chi connectivity index (χ1v) is 6.91. The summed E-state index contributed by atoms with van der Waals surface area (Å²) in [7, 11) is 3.72. The molecule has 0 saturated carbocycles. The van der Waals surface area contributed by atoms with Crippen molar-refractivity contribution in [2.75, 3.05) is 20.6 Å². The Morgan fingerprint density at radius 3 is 2.17 bits per heavy atom. The molecule has 0 heterocycles. The largest absolute Gasteiger partial charge is 0.444 e. The van der Waals surface area contributed by atoms with Gasteiger partial charge in [-0.2, -0.15) is 0 Å². The van der Waals surface area contributed by atoms with E-state index in [0.29, 0.717) is 12.6 Å². The minimum Gasteiger partial charge on any atom is -0.444 e. The molecule has 4 nitrogen and oxygen atoms in total. The van der Waals surface area contributed by atoms with Gasteiger partial charge < -0.3 is 15.0 Å². The third-order valence-corrected chi connectivity index (χ3v) is 2.42. The maximum absolute atomic E-state index is 11.6. The predicted molar refractivity (Wildman–Crippen MR) is 78.0 cm³/mol. The predicted octanol–water partition coefficient (Wildman–Crippen LogP) is 3.27. The van der Waals surface area contributed by atoms with Crippen LogP contribution in [0.25, 0.3) is 0 Å². The van der Waals surface area contributed by atoms with Crippen molar-refractivity contribution in [3.8, 4) is 0 Å². The number of nitrogens with one attached hydrogen (secondary N) is 1. The SMILES string of the molecule is CC.CCC(CCN(C)C(=O)OC(C)(C)C)NC. The van der Waals surface area contributed by atoms with Crippen LogP contribution in [0.5, 0.6) is 0 Å². The van der Waals surface area contributed by atoms with Gasteiger partial charge in [0.15, 0.2) is 0 Å². The quantitative estimate of drug-likeness (QED) is 0.825. The summed E-state index contributed by atoms with van der Waals surface area (Å²) >= 11 is 0. The number of carbonyl (C=O) groups is 1. The highest BCUT2D eigenvalue weighted by atomic mass is 16.6. The summed E-state index contributed by atoms with van der Waals surface area (Å²) in [6.45, 7) is 12.5. The molecule has 1 N–H and O–H groups in total. The highest BCUT2D eigenvalue weighted by Gasteiger charge is 2.19. The van der Waals surface area contributed by atoms with Crippen LogP contribution in [0.2, 0.25) is 0 Å². The summed E-state index contributed by atoms with van der Waals surface area (Å²) in [4.78, 5) is 13.3. The third kappa shape index (κ3) is 10.4. The first kappa shape index (κ1) is 19.6. The normalized spacial score (nSPS) is 12.2. The van der Waals surface area contributed by atoms with E-state index in [1.54, 1.807) is 11.9 Å². The molecule has 0 fully saturated rings. The lowest BCUT2D eigenvalue weighted by Gasteiger charge is -2.25. The summed E-state index contributed by atoms with van der Waals surface area (Å²) in [5, 5.41) is 3.22. The maximum atomic E-state index is 11.6. The van der Waals surface area contributed by atoms with Crippen LogP contribution in [0.4, 0.5) is 4.79 Å². The van der Waals surface area contributed by atoms with Gasteiger partial charge in [-0.3, -0.25) is 0 Å². The number of hydrogen-bond donors (Lipinski definition) is 1. The molecule has 1 amide bonds. The van der Waals surface area contributed by atoms with E-state index in [0.717, 1.165) is 12.8 Å². The van der Waals surface area contributed by atoms with Crippen LogP contribution in [-0.2, 0) is 4.74 Å². The molecule has 0 spiro atoms. The molecule has 0 aliphatic carbocycles. The van der Waals surface area contributed by atoms with Gasteiger partial charge in [-0.25, -0.2) is 4.79 Å². The fourth-order valence-electron chi connectivity index (χ4n) is 1.33. The maximum Gasteiger partial charge on any atom is 0.410 e. The highest BCUT2D eigenvalue weighted by Crippen LogP contribution is 2.09. The molecule has 4 heteroatoms. The van der Waals surface area contributed by atoms with Crippen molar-refractivity contribution in [1.82, 2.24) is 10.2 Å². The van der Waals surface area contributed by atoms with Crippen molar-refractivity contribution in [2.24, 2.45) is 0 Å². The van der Waals surface area contributed by atoms with E-state index in [-0.39, 0.29) is 6.09 Å². The van der Waals surface area contributed by atoms with Gasteiger partial charge in [0.05, 0.1) is 0 Å². The van der Waals surface area contributed by atoms with Crippen molar-refractivity contribution in [3.05, 3.63) is 0 Å². The second-order valence-electron chi connectivity index (χ2n) is 5.08. The lowest BCUT2D eigenvalue weighted by atomic mass is 10.1. The Bertz CT molecular complexity index is 208. The zero-order chi connectivity index (χ0) is 14.8. The fraction of sp³-hybridized carbons (Fsp3) is 0.929. The number of rotatable bonds is 5. The van der Waals surface area contributed by atoms with Crippen molar-refractivity contribution >= 4 is 6.09 Å². The molecule has 0 aliphatic rings. The van der Waals surface area contributed by atoms with Crippen LogP contribution < -0.4 is 5.32 Å². The van der Waals surface area contributed by atoms with E-state index < -0.39 is 5.60 Å². The topological polar surface area (TPSA) is 41.6 Å². The Labute approximate surface area is 113 Å². The van der Waals surface area contributed by atoms with E-state index in [9.17, 15) is 4.79 Å². The Morgan fingerprint density at radius 2 is 1.83 bits per heavy atom. The summed E-state index contributed by atoms with van der Waals surface area (Å²) in [6, 6.07) is 0.463. The van der Waals surface area contributed by atoms with E-state index in [1.165, 1.54) is 0 Å². The molecule has 0 saturated heterocycles. The fourth-order valence-corrected chi connectivity index (χ4v) is 1.33. The lowest BCUT2D eigenvalue weighted by molar-refractivity contribution is 0.0293. The number of ether oxygens (including phenoxy) is 1. The van der Waals surface area contributed by atoms with Crippen molar-refractivity contribution < 1.29 is 9.53 Å². The lowest BCUT2D eigenvalue weighted by Crippen LogP contribution is -2.37. The molecule has 0 rings (SSSR count). The van der Waals surface area contributed by atoms with Crippen molar-refractivity contribution in [3.63, 3.8) is 0 Å². The molecule has 0 aromatic heterocycles. The van der Waals surface area contributed by atoms with Crippen LogP contribution in [0.1, 0.15) is 54.4 Å². The van der Waals surface area contributed by atoms with Crippen LogP contribution in [0.3, 0.4) is 0 Å². The Morgan fingerprint density at radius 1 is 1.33 bits per heavy atom. The van der Waals surface area contributed by atoms with E-state index in [2.05, 4.69) is 12.2 Å². The molecule has 0 aromatic rings. The first-order valence-electron chi connectivity index (χ1n) is 6.91. The molecular weight excluding hydrogens is 228 g/mol. The van der Waals surface area contributed by atoms with E-state index in [1.807, 2.05) is 41.7 Å². The van der Waals surface area contributed by atoms with Crippen LogP contribution in [0.15, 0.2) is 0 Å². The van der Waals surface area contributed by atoms with Crippen molar-refractivity contribution in [1.29, 1.82) is 0 Å². The molecule has 18 heavy (non-hydrogen) atoms. The summed E-state index contributed by atoms with van der Waals surface area (Å²) in [5.74, 6) is 0. The van der Waals surface area contributed by atoms with Gasteiger partial charge in [-0.1, -0.05) is 20.8 Å². The smallest absolute Gasteiger partial charge is 0.410 e. The minimum atomic E-state index is -0.418. The summed E-state index contributed by atoms with van der Waals surface area (Å²) in [5.41, 5.74) is -0.418. The van der Waals surface area contributed by atoms with Crippen LogP contribution >= 0.6 is 0 Å². The van der Waals surface area contributed by atoms with Crippen LogP contribution in [-0.4, -0.2) is 43.3 Å². The number of amides is 1.